The maximum absolute atomic E-state index is 12.8. The maximum atomic E-state index is 12.8. The highest BCUT2D eigenvalue weighted by Crippen LogP contribution is 2.41. The van der Waals surface area contributed by atoms with Gasteiger partial charge in [-0.2, -0.15) is 13.8 Å². The molecule has 5 nitrogen and oxygen atoms in total. The van der Waals surface area contributed by atoms with E-state index in [0.717, 1.165) is 27.7 Å². The van der Waals surface area contributed by atoms with Gasteiger partial charge in [0.2, 0.25) is 6.79 Å². The topological polar surface area (TPSA) is 43.8 Å². The van der Waals surface area contributed by atoms with E-state index in [1.165, 1.54) is 0 Å². The third-order valence-electron chi connectivity index (χ3n) is 4.05. The molecule has 0 spiro atoms. The fraction of sp³-hybridized carbons (Fsp3) is 0.0588. The van der Waals surface area contributed by atoms with E-state index in [9.17, 15) is 4.79 Å². The molecular weight excluding hydrogens is 280 g/mol. The molecule has 5 heteroatoms. The lowest BCUT2D eigenvalue weighted by molar-refractivity contribution is -0.614. The summed E-state index contributed by atoms with van der Waals surface area (Å²) < 4.78 is 14.3. The lowest BCUT2D eigenvalue weighted by Gasteiger charge is -2.03. The van der Waals surface area contributed by atoms with Crippen LogP contribution in [0.1, 0.15) is 0 Å². The van der Waals surface area contributed by atoms with E-state index in [1.54, 1.807) is 15.2 Å². The van der Waals surface area contributed by atoms with Gasteiger partial charge in [-0.15, -0.1) is 0 Å². The molecule has 0 saturated carbocycles. The van der Waals surface area contributed by atoms with Gasteiger partial charge < -0.3 is 9.47 Å². The van der Waals surface area contributed by atoms with Gasteiger partial charge in [-0.1, -0.05) is 18.2 Å². The van der Waals surface area contributed by atoms with E-state index in [1.807, 2.05) is 48.7 Å². The number of hydrogen-bond acceptors (Lipinski definition) is 3. The van der Waals surface area contributed by atoms with Gasteiger partial charge in [0.25, 0.3) is 0 Å². The molecule has 1 aliphatic heterocycles. The number of fused-ring (bicyclic) bond motifs is 2. The summed E-state index contributed by atoms with van der Waals surface area (Å²) in [6, 6.07) is 13.4. The summed E-state index contributed by atoms with van der Waals surface area (Å²) in [7, 11) is 0. The standard InChI is InChI=1S/C17H11N2O3/c20-17-18-7-6-13-15(18)11(8-14-16(13)22-10-21-14)9-19(17)12-4-2-1-3-5-12/h1-9H,10H2/q+1. The van der Waals surface area contributed by atoms with Crippen molar-refractivity contribution in [3.8, 4) is 17.2 Å². The van der Waals surface area contributed by atoms with E-state index in [-0.39, 0.29) is 12.5 Å². The first kappa shape index (κ1) is 11.6. The summed E-state index contributed by atoms with van der Waals surface area (Å²) in [6.07, 6.45) is 3.63. The lowest BCUT2D eigenvalue weighted by Crippen LogP contribution is -2.50. The normalized spacial score (nSPS) is 13.3. The smallest absolute Gasteiger partial charge is 0.454 e. The monoisotopic (exact) mass is 291 g/mol. The van der Waals surface area contributed by atoms with Crippen LogP contribution >= 0.6 is 0 Å². The average Bonchev–Trinajstić information content (AvgIpc) is 3.18. The molecule has 2 aromatic carbocycles. The average molecular weight is 291 g/mol. The van der Waals surface area contributed by atoms with Gasteiger partial charge in [-0.3, -0.25) is 0 Å². The summed E-state index contributed by atoms with van der Waals surface area (Å²) in [6.45, 7) is 0.218. The van der Waals surface area contributed by atoms with Crippen LogP contribution in [0.4, 0.5) is 0 Å². The minimum Gasteiger partial charge on any atom is -0.454 e. The van der Waals surface area contributed by atoms with E-state index in [2.05, 4.69) is 0 Å². The number of aromatic nitrogens is 2. The SMILES string of the molecule is O=c1n2ccc3c4c(cc(c[n+]1-c1ccccc1)c32)OCO4. The van der Waals surface area contributed by atoms with Gasteiger partial charge in [0, 0.05) is 0 Å². The molecular formula is C17H11N2O3+. The first-order valence-electron chi connectivity index (χ1n) is 7.00. The molecule has 0 amide bonds. The van der Waals surface area contributed by atoms with Crippen LogP contribution in [0.5, 0.6) is 11.5 Å². The van der Waals surface area contributed by atoms with Gasteiger partial charge in [0.05, 0.1) is 10.8 Å². The fourth-order valence-corrected chi connectivity index (χ4v) is 3.07. The van der Waals surface area contributed by atoms with Crippen LogP contribution in [0, 0.1) is 0 Å². The largest absolute Gasteiger partial charge is 0.508 e. The zero-order valence-corrected chi connectivity index (χ0v) is 11.5. The Labute approximate surface area is 124 Å². The van der Waals surface area contributed by atoms with Crippen molar-refractivity contribution >= 4 is 16.3 Å². The maximum Gasteiger partial charge on any atom is 0.508 e. The molecule has 0 N–H and O–H groups in total. The number of ether oxygens (including phenoxy) is 2. The predicted octanol–water partition coefficient (Wildman–Crippen LogP) is 1.90. The number of hydrogen-bond donors (Lipinski definition) is 0. The minimum atomic E-state index is -0.104. The summed E-state index contributed by atoms with van der Waals surface area (Å²) in [5.41, 5.74) is 1.59. The summed E-state index contributed by atoms with van der Waals surface area (Å²) >= 11 is 0. The molecule has 0 bridgehead atoms. The fourth-order valence-electron chi connectivity index (χ4n) is 3.07. The zero-order valence-electron chi connectivity index (χ0n) is 11.5. The molecule has 22 heavy (non-hydrogen) atoms. The van der Waals surface area contributed by atoms with Gasteiger partial charge in [0.15, 0.2) is 17.0 Å². The highest BCUT2D eigenvalue weighted by atomic mass is 16.7. The van der Waals surface area contributed by atoms with Crippen LogP contribution in [0.15, 0.2) is 59.7 Å². The van der Waals surface area contributed by atoms with E-state index >= 15 is 0 Å². The molecule has 106 valence electrons. The second-order valence-corrected chi connectivity index (χ2v) is 5.26. The van der Waals surface area contributed by atoms with Gasteiger partial charge in [0.1, 0.15) is 18.1 Å². The van der Waals surface area contributed by atoms with Crippen LogP contribution < -0.4 is 19.7 Å². The second-order valence-electron chi connectivity index (χ2n) is 5.26. The van der Waals surface area contributed by atoms with Crippen molar-refractivity contribution in [2.45, 2.75) is 0 Å². The molecule has 3 heterocycles. The highest BCUT2D eigenvalue weighted by molar-refractivity contribution is 6.01. The van der Waals surface area contributed by atoms with Gasteiger partial charge in [-0.05, 0) is 24.3 Å². The van der Waals surface area contributed by atoms with E-state index < -0.39 is 0 Å². The second kappa shape index (κ2) is 3.98. The first-order chi connectivity index (χ1) is 10.8. The Kier molecular flexibility index (Phi) is 2.09. The Morgan fingerprint density at radius 3 is 2.82 bits per heavy atom. The van der Waals surface area contributed by atoms with Crippen LogP contribution in [0.3, 0.4) is 0 Å². The Hall–Kier alpha value is -3.08. The van der Waals surface area contributed by atoms with E-state index in [0.29, 0.717) is 5.75 Å². The summed E-state index contributed by atoms with van der Waals surface area (Å²) in [5, 5.41) is 1.84. The van der Waals surface area contributed by atoms with E-state index in [4.69, 9.17) is 9.47 Å². The van der Waals surface area contributed by atoms with Crippen molar-refractivity contribution in [1.82, 2.24) is 4.40 Å². The lowest BCUT2D eigenvalue weighted by atomic mass is 10.1. The molecule has 4 aromatic rings. The van der Waals surface area contributed by atoms with Crippen molar-refractivity contribution < 1.29 is 14.0 Å². The van der Waals surface area contributed by atoms with Gasteiger partial charge >= 0.3 is 5.69 Å². The third-order valence-corrected chi connectivity index (χ3v) is 4.05. The van der Waals surface area contributed by atoms with Crippen molar-refractivity contribution in [3.05, 3.63) is 65.3 Å². The van der Waals surface area contributed by atoms with Crippen LogP contribution in [0.25, 0.3) is 22.0 Å². The van der Waals surface area contributed by atoms with Crippen LogP contribution in [0.2, 0.25) is 0 Å². The molecule has 0 saturated heterocycles. The van der Waals surface area contributed by atoms with Crippen molar-refractivity contribution in [1.29, 1.82) is 0 Å². The number of para-hydroxylation sites is 1. The number of rotatable bonds is 1. The minimum absolute atomic E-state index is 0.104. The molecule has 0 fully saturated rings. The Bertz CT molecular complexity index is 1070. The zero-order chi connectivity index (χ0) is 14.7. The number of benzene rings is 2. The third kappa shape index (κ3) is 1.37. The molecule has 5 rings (SSSR count). The van der Waals surface area contributed by atoms with Crippen LogP contribution in [-0.2, 0) is 0 Å². The van der Waals surface area contributed by atoms with Crippen molar-refractivity contribution in [2.75, 3.05) is 6.79 Å². The molecule has 0 unspecified atom stereocenters. The van der Waals surface area contributed by atoms with Gasteiger partial charge in [-0.25, -0.2) is 0 Å². The van der Waals surface area contributed by atoms with Crippen molar-refractivity contribution in [2.24, 2.45) is 0 Å². The quantitative estimate of drug-likeness (QED) is 0.503. The Balaban J connectivity index is 1.94. The predicted molar refractivity (Wildman–Crippen MR) is 80.0 cm³/mol. The molecule has 0 atom stereocenters. The Morgan fingerprint density at radius 1 is 1.09 bits per heavy atom. The summed E-state index contributed by atoms with van der Waals surface area (Å²) in [4.78, 5) is 12.8. The highest BCUT2D eigenvalue weighted by Gasteiger charge is 2.26. The summed E-state index contributed by atoms with van der Waals surface area (Å²) in [5.74, 6) is 1.44. The first-order valence-corrected chi connectivity index (χ1v) is 7.00. The van der Waals surface area contributed by atoms with Crippen molar-refractivity contribution in [3.63, 3.8) is 0 Å². The van der Waals surface area contributed by atoms with Crippen LogP contribution in [-0.4, -0.2) is 11.2 Å². The molecule has 2 aromatic heterocycles. The number of nitrogens with zero attached hydrogens (tertiary/aromatic N) is 2. The Morgan fingerprint density at radius 2 is 1.95 bits per heavy atom. The molecule has 0 aliphatic carbocycles. The molecule has 0 radical (unpaired) electrons. The molecule has 1 aliphatic rings.